The Hall–Kier alpha value is -1.87. The molecule has 1 N–H and O–H groups in total. The SMILES string of the molecule is COC(=O)[C@H](C)NC(C)c1ccc2ccccc2c1. The van der Waals surface area contributed by atoms with Gasteiger partial charge in [-0.3, -0.25) is 10.1 Å². The van der Waals surface area contributed by atoms with Crippen molar-refractivity contribution in [3.8, 4) is 0 Å². The summed E-state index contributed by atoms with van der Waals surface area (Å²) in [4.78, 5) is 11.4. The summed E-state index contributed by atoms with van der Waals surface area (Å²) in [7, 11) is 1.40. The molecule has 0 heterocycles. The van der Waals surface area contributed by atoms with Gasteiger partial charge >= 0.3 is 5.97 Å². The minimum Gasteiger partial charge on any atom is -0.468 e. The Morgan fingerprint density at radius 2 is 1.79 bits per heavy atom. The Labute approximate surface area is 113 Å². The van der Waals surface area contributed by atoms with E-state index in [9.17, 15) is 4.79 Å². The van der Waals surface area contributed by atoms with Gasteiger partial charge in [0.1, 0.15) is 6.04 Å². The Morgan fingerprint density at radius 1 is 1.11 bits per heavy atom. The third-order valence-electron chi connectivity index (χ3n) is 3.33. The Kier molecular flexibility index (Phi) is 4.17. The minimum absolute atomic E-state index is 0.0960. The maximum Gasteiger partial charge on any atom is 0.322 e. The molecule has 0 bridgehead atoms. The van der Waals surface area contributed by atoms with Crippen LogP contribution in [0.2, 0.25) is 0 Å². The van der Waals surface area contributed by atoms with E-state index in [1.807, 2.05) is 26.0 Å². The number of hydrogen-bond donors (Lipinski definition) is 1. The number of fused-ring (bicyclic) bond motifs is 1. The van der Waals surface area contributed by atoms with Crippen molar-refractivity contribution in [2.45, 2.75) is 25.9 Å². The first kappa shape index (κ1) is 13.6. The number of benzene rings is 2. The first-order valence-electron chi connectivity index (χ1n) is 6.44. The van der Waals surface area contributed by atoms with Crippen molar-refractivity contribution >= 4 is 16.7 Å². The van der Waals surface area contributed by atoms with Gasteiger partial charge in [0.2, 0.25) is 0 Å². The molecule has 3 nitrogen and oxygen atoms in total. The van der Waals surface area contributed by atoms with Crippen LogP contribution in [0.5, 0.6) is 0 Å². The average molecular weight is 257 g/mol. The van der Waals surface area contributed by atoms with Crippen molar-refractivity contribution in [1.29, 1.82) is 0 Å². The molecule has 3 heteroatoms. The first-order chi connectivity index (χ1) is 9.11. The number of rotatable bonds is 4. The smallest absolute Gasteiger partial charge is 0.322 e. The highest BCUT2D eigenvalue weighted by Crippen LogP contribution is 2.20. The Balaban J connectivity index is 2.17. The lowest BCUT2D eigenvalue weighted by Gasteiger charge is -2.19. The molecular weight excluding hydrogens is 238 g/mol. The van der Waals surface area contributed by atoms with Crippen LogP contribution in [0.25, 0.3) is 10.8 Å². The monoisotopic (exact) mass is 257 g/mol. The lowest BCUT2D eigenvalue weighted by Crippen LogP contribution is -2.36. The van der Waals surface area contributed by atoms with Crippen LogP contribution in [-0.4, -0.2) is 19.1 Å². The van der Waals surface area contributed by atoms with Gasteiger partial charge in [0.05, 0.1) is 7.11 Å². The highest BCUT2D eigenvalue weighted by molar-refractivity contribution is 5.83. The summed E-state index contributed by atoms with van der Waals surface area (Å²) in [6.45, 7) is 3.85. The van der Waals surface area contributed by atoms with E-state index in [1.54, 1.807) is 0 Å². The average Bonchev–Trinajstić information content (AvgIpc) is 2.45. The van der Waals surface area contributed by atoms with E-state index in [0.717, 1.165) is 5.56 Å². The second-order valence-corrected chi connectivity index (χ2v) is 4.74. The molecule has 2 atom stereocenters. The van der Waals surface area contributed by atoms with Gasteiger partial charge in [-0.25, -0.2) is 0 Å². The van der Waals surface area contributed by atoms with Crippen LogP contribution in [0.3, 0.4) is 0 Å². The van der Waals surface area contributed by atoms with E-state index in [0.29, 0.717) is 0 Å². The van der Waals surface area contributed by atoms with E-state index in [-0.39, 0.29) is 18.1 Å². The second kappa shape index (κ2) is 5.85. The maximum atomic E-state index is 11.4. The maximum absolute atomic E-state index is 11.4. The highest BCUT2D eigenvalue weighted by atomic mass is 16.5. The van der Waals surface area contributed by atoms with E-state index >= 15 is 0 Å². The third-order valence-corrected chi connectivity index (χ3v) is 3.33. The number of hydrogen-bond acceptors (Lipinski definition) is 3. The first-order valence-corrected chi connectivity index (χ1v) is 6.44. The largest absolute Gasteiger partial charge is 0.468 e. The van der Waals surface area contributed by atoms with Gasteiger partial charge in [-0.15, -0.1) is 0 Å². The molecule has 0 amide bonds. The molecule has 0 aliphatic heterocycles. The van der Waals surface area contributed by atoms with Gasteiger partial charge in [-0.1, -0.05) is 36.4 Å². The van der Waals surface area contributed by atoms with Crippen LogP contribution in [0, 0.1) is 0 Å². The fraction of sp³-hybridized carbons (Fsp3) is 0.312. The fourth-order valence-corrected chi connectivity index (χ4v) is 2.19. The number of esters is 1. The van der Waals surface area contributed by atoms with E-state index in [1.165, 1.54) is 17.9 Å². The molecule has 2 aromatic carbocycles. The zero-order chi connectivity index (χ0) is 13.8. The summed E-state index contributed by atoms with van der Waals surface area (Å²) < 4.78 is 4.72. The summed E-state index contributed by atoms with van der Waals surface area (Å²) in [6, 6.07) is 14.4. The van der Waals surface area contributed by atoms with Crippen molar-refractivity contribution in [3.63, 3.8) is 0 Å². The van der Waals surface area contributed by atoms with E-state index in [2.05, 4.69) is 35.6 Å². The van der Waals surface area contributed by atoms with Crippen LogP contribution in [-0.2, 0) is 9.53 Å². The van der Waals surface area contributed by atoms with Crippen molar-refractivity contribution in [2.75, 3.05) is 7.11 Å². The van der Waals surface area contributed by atoms with Crippen LogP contribution in [0.1, 0.15) is 25.5 Å². The minimum atomic E-state index is -0.313. The predicted octanol–water partition coefficient (Wildman–Crippen LogP) is 3.05. The van der Waals surface area contributed by atoms with Gasteiger partial charge in [-0.2, -0.15) is 0 Å². The van der Waals surface area contributed by atoms with Crippen LogP contribution >= 0.6 is 0 Å². The summed E-state index contributed by atoms with van der Waals surface area (Å²) in [5, 5.41) is 5.67. The molecule has 0 aliphatic carbocycles. The van der Waals surface area contributed by atoms with Crippen LogP contribution < -0.4 is 5.32 Å². The zero-order valence-electron chi connectivity index (χ0n) is 11.5. The van der Waals surface area contributed by atoms with E-state index < -0.39 is 0 Å². The quantitative estimate of drug-likeness (QED) is 0.855. The van der Waals surface area contributed by atoms with Gasteiger partial charge < -0.3 is 4.74 Å². The molecule has 0 fully saturated rings. The number of carbonyl (C=O) groups excluding carboxylic acids is 1. The standard InChI is InChI=1S/C16H19NO2/c1-11(17-12(2)16(18)19-3)14-9-8-13-6-4-5-7-15(13)10-14/h4-12,17H,1-3H3/t11?,12-/m0/s1. The molecule has 2 aromatic rings. The third kappa shape index (κ3) is 3.12. The molecule has 0 radical (unpaired) electrons. The topological polar surface area (TPSA) is 38.3 Å². The molecule has 1 unspecified atom stereocenters. The predicted molar refractivity (Wildman–Crippen MR) is 77.0 cm³/mol. The van der Waals surface area contributed by atoms with Crippen molar-refractivity contribution < 1.29 is 9.53 Å². The van der Waals surface area contributed by atoms with Gasteiger partial charge in [0, 0.05) is 6.04 Å². The van der Waals surface area contributed by atoms with Crippen molar-refractivity contribution in [1.82, 2.24) is 5.32 Å². The highest BCUT2D eigenvalue weighted by Gasteiger charge is 2.16. The summed E-state index contributed by atoms with van der Waals surface area (Å²) >= 11 is 0. The molecule has 100 valence electrons. The number of carbonyl (C=O) groups is 1. The molecule has 0 aromatic heterocycles. The van der Waals surface area contributed by atoms with Gasteiger partial charge in [0.15, 0.2) is 0 Å². The summed E-state index contributed by atoms with van der Waals surface area (Å²) in [5.74, 6) is -0.243. The normalized spacial score (nSPS) is 14.1. The van der Waals surface area contributed by atoms with Gasteiger partial charge in [0.25, 0.3) is 0 Å². The molecule has 0 saturated carbocycles. The summed E-state index contributed by atoms with van der Waals surface area (Å²) in [6.07, 6.45) is 0. The Bertz CT molecular complexity index is 580. The summed E-state index contributed by atoms with van der Waals surface area (Å²) in [5.41, 5.74) is 1.16. The second-order valence-electron chi connectivity index (χ2n) is 4.74. The number of ether oxygens (including phenoxy) is 1. The van der Waals surface area contributed by atoms with E-state index in [4.69, 9.17) is 4.74 Å². The molecular formula is C16H19NO2. The van der Waals surface area contributed by atoms with Crippen molar-refractivity contribution in [3.05, 3.63) is 48.0 Å². The molecule has 19 heavy (non-hydrogen) atoms. The fourth-order valence-electron chi connectivity index (χ4n) is 2.19. The molecule has 0 aliphatic rings. The molecule has 2 rings (SSSR count). The molecule has 0 spiro atoms. The van der Waals surface area contributed by atoms with Crippen molar-refractivity contribution in [2.24, 2.45) is 0 Å². The molecule has 0 saturated heterocycles. The lowest BCUT2D eigenvalue weighted by atomic mass is 10.0. The Morgan fingerprint density at radius 3 is 2.47 bits per heavy atom. The van der Waals surface area contributed by atoms with Crippen LogP contribution in [0.4, 0.5) is 0 Å². The zero-order valence-corrected chi connectivity index (χ0v) is 11.5. The number of nitrogens with one attached hydrogen (secondary N) is 1. The van der Waals surface area contributed by atoms with Gasteiger partial charge in [-0.05, 0) is 36.2 Å². The number of methoxy groups -OCH3 is 1. The lowest BCUT2D eigenvalue weighted by molar-refractivity contribution is -0.142. The van der Waals surface area contributed by atoms with Crippen LogP contribution in [0.15, 0.2) is 42.5 Å².